The van der Waals surface area contributed by atoms with E-state index in [-0.39, 0.29) is 17.1 Å². The van der Waals surface area contributed by atoms with Crippen LogP contribution in [-0.2, 0) is 18.5 Å². The molecule has 142 valence electrons. The first-order chi connectivity index (χ1) is 12.8. The number of hydrogen-bond acceptors (Lipinski definition) is 6. The molecule has 0 spiro atoms. The molecule has 0 radical (unpaired) electrons. The van der Waals surface area contributed by atoms with Crippen molar-refractivity contribution >= 4 is 33.5 Å². The minimum atomic E-state index is -0.592. The number of methoxy groups -OCH3 is 1. The fraction of sp³-hybridized carbons (Fsp3) is 0.312. The zero-order valence-electron chi connectivity index (χ0n) is 15.2. The number of ether oxygens (including phenoxy) is 1. The van der Waals surface area contributed by atoms with Crippen molar-refractivity contribution in [1.29, 1.82) is 0 Å². The zero-order chi connectivity index (χ0) is 19.7. The summed E-state index contributed by atoms with van der Waals surface area (Å²) in [7, 11) is 2.85. The molecule has 1 N–H and O–H groups in total. The van der Waals surface area contributed by atoms with Crippen molar-refractivity contribution in [3.05, 3.63) is 45.7 Å². The molecular weight excluding hydrogens is 418 g/mol. The van der Waals surface area contributed by atoms with E-state index in [2.05, 4.69) is 36.5 Å². The van der Waals surface area contributed by atoms with Crippen LogP contribution in [0.1, 0.15) is 32.4 Å². The maximum Gasteiger partial charge on any atom is 0.358 e. The number of amides is 1. The Labute approximate surface area is 163 Å². The van der Waals surface area contributed by atoms with E-state index >= 15 is 0 Å². The highest BCUT2D eigenvalue weighted by molar-refractivity contribution is 9.10. The molecule has 0 aliphatic rings. The summed E-state index contributed by atoms with van der Waals surface area (Å²) in [6.07, 6.45) is 3.07. The summed E-state index contributed by atoms with van der Waals surface area (Å²) in [5.41, 5.74) is 2.45. The number of nitrogens with one attached hydrogen (secondary N) is 1. The quantitative estimate of drug-likeness (QED) is 0.611. The number of aryl methyl sites for hydroxylation is 2. The fourth-order valence-electron chi connectivity index (χ4n) is 2.57. The predicted octanol–water partition coefficient (Wildman–Crippen LogP) is 1.74. The third-order valence-electron chi connectivity index (χ3n) is 4.01. The Hall–Kier alpha value is -2.95. The highest BCUT2D eigenvalue weighted by atomic mass is 79.9. The van der Waals surface area contributed by atoms with Crippen LogP contribution in [0.25, 0.3) is 0 Å². The summed E-state index contributed by atoms with van der Waals surface area (Å²) in [5.74, 6) is -1.05. The normalized spacial score (nSPS) is 10.9. The minimum Gasteiger partial charge on any atom is -0.464 e. The molecule has 0 bridgehead atoms. The van der Waals surface area contributed by atoms with Crippen LogP contribution in [0, 0.1) is 13.8 Å². The Morgan fingerprint density at radius 3 is 2.67 bits per heavy atom. The van der Waals surface area contributed by atoms with Crippen molar-refractivity contribution in [2.45, 2.75) is 20.5 Å². The third-order valence-corrected chi connectivity index (χ3v) is 5.16. The van der Waals surface area contributed by atoms with Crippen LogP contribution in [-0.4, -0.2) is 48.3 Å². The molecule has 3 aromatic rings. The van der Waals surface area contributed by atoms with E-state index in [9.17, 15) is 9.59 Å². The third kappa shape index (κ3) is 3.63. The number of halogens is 1. The first-order valence-electron chi connectivity index (χ1n) is 7.96. The number of anilines is 1. The molecule has 0 atom stereocenters. The second-order valence-electron chi connectivity index (χ2n) is 5.84. The average molecular weight is 436 g/mol. The number of esters is 1. The van der Waals surface area contributed by atoms with E-state index in [1.54, 1.807) is 28.7 Å². The SMILES string of the molecule is COC(=O)c1c(NC(=O)c2ccn(Cn3nc(C)c(Br)c3C)n2)cnn1C. The van der Waals surface area contributed by atoms with Crippen LogP contribution in [0.3, 0.4) is 0 Å². The molecule has 3 heterocycles. The van der Waals surface area contributed by atoms with Gasteiger partial charge in [0.15, 0.2) is 11.4 Å². The second-order valence-corrected chi connectivity index (χ2v) is 6.64. The lowest BCUT2D eigenvalue weighted by molar-refractivity contribution is 0.0589. The van der Waals surface area contributed by atoms with E-state index in [1.807, 2.05) is 13.8 Å². The molecule has 0 aromatic carbocycles. The number of rotatable bonds is 5. The monoisotopic (exact) mass is 435 g/mol. The smallest absolute Gasteiger partial charge is 0.358 e. The molecule has 3 rings (SSSR count). The summed E-state index contributed by atoms with van der Waals surface area (Å²) >= 11 is 3.48. The maximum atomic E-state index is 12.5. The van der Waals surface area contributed by atoms with Crippen LogP contribution in [0.15, 0.2) is 22.9 Å². The Balaban J connectivity index is 1.76. The molecule has 10 nitrogen and oxygen atoms in total. The van der Waals surface area contributed by atoms with Gasteiger partial charge in [-0.1, -0.05) is 0 Å². The molecule has 0 saturated carbocycles. The van der Waals surface area contributed by atoms with Crippen molar-refractivity contribution < 1.29 is 14.3 Å². The summed E-state index contributed by atoms with van der Waals surface area (Å²) < 4.78 is 10.4. The molecular formula is C16H18BrN7O3. The molecule has 0 fully saturated rings. The van der Waals surface area contributed by atoms with E-state index in [0.29, 0.717) is 6.67 Å². The Morgan fingerprint density at radius 1 is 1.30 bits per heavy atom. The van der Waals surface area contributed by atoms with Gasteiger partial charge in [-0.2, -0.15) is 15.3 Å². The molecule has 0 aliphatic carbocycles. The predicted molar refractivity (Wildman–Crippen MR) is 99.5 cm³/mol. The van der Waals surface area contributed by atoms with Gasteiger partial charge in [-0.3, -0.25) is 14.2 Å². The van der Waals surface area contributed by atoms with Gasteiger partial charge in [0.25, 0.3) is 5.91 Å². The van der Waals surface area contributed by atoms with Crippen LogP contribution in [0.4, 0.5) is 5.69 Å². The van der Waals surface area contributed by atoms with Gasteiger partial charge < -0.3 is 10.1 Å². The molecule has 27 heavy (non-hydrogen) atoms. The Kier molecular flexibility index (Phi) is 5.13. The van der Waals surface area contributed by atoms with Crippen LogP contribution in [0.5, 0.6) is 0 Å². The van der Waals surface area contributed by atoms with Crippen molar-refractivity contribution in [2.75, 3.05) is 12.4 Å². The van der Waals surface area contributed by atoms with E-state index in [4.69, 9.17) is 4.74 Å². The van der Waals surface area contributed by atoms with Crippen LogP contribution in [0.2, 0.25) is 0 Å². The van der Waals surface area contributed by atoms with Crippen LogP contribution >= 0.6 is 15.9 Å². The number of carbonyl (C=O) groups excluding carboxylic acids is 2. The first kappa shape index (κ1) is 18.8. The summed E-state index contributed by atoms with van der Waals surface area (Å²) in [5, 5.41) is 15.3. The number of nitrogens with zero attached hydrogens (tertiary/aromatic N) is 6. The molecule has 0 saturated heterocycles. The van der Waals surface area contributed by atoms with Gasteiger partial charge in [0.2, 0.25) is 0 Å². The highest BCUT2D eigenvalue weighted by Crippen LogP contribution is 2.20. The molecule has 11 heteroatoms. The van der Waals surface area contributed by atoms with Gasteiger partial charge in [-0.15, -0.1) is 0 Å². The standard InChI is InChI=1S/C16H18BrN7O3/c1-9-13(17)10(2)24(20-9)8-23-6-5-11(21-23)15(25)19-12-7-18-22(3)14(12)16(26)27-4/h5-7H,8H2,1-4H3,(H,19,25). The van der Waals surface area contributed by atoms with E-state index < -0.39 is 11.9 Å². The molecule has 0 aliphatic heterocycles. The van der Waals surface area contributed by atoms with Gasteiger partial charge in [-0.25, -0.2) is 9.48 Å². The topological polar surface area (TPSA) is 109 Å². The van der Waals surface area contributed by atoms with Gasteiger partial charge in [0.1, 0.15) is 6.67 Å². The summed E-state index contributed by atoms with van der Waals surface area (Å²) in [6, 6.07) is 1.59. The molecule has 1 amide bonds. The summed E-state index contributed by atoms with van der Waals surface area (Å²) in [6.45, 7) is 4.21. The van der Waals surface area contributed by atoms with E-state index in [1.165, 1.54) is 18.0 Å². The Morgan fingerprint density at radius 2 is 2.04 bits per heavy atom. The van der Waals surface area contributed by atoms with Gasteiger partial charge >= 0.3 is 5.97 Å². The van der Waals surface area contributed by atoms with Gasteiger partial charge in [-0.05, 0) is 35.8 Å². The maximum absolute atomic E-state index is 12.5. The minimum absolute atomic E-state index is 0.151. The fourth-order valence-corrected chi connectivity index (χ4v) is 2.85. The lowest BCUT2D eigenvalue weighted by atomic mass is 10.3. The van der Waals surface area contributed by atoms with Crippen LogP contribution < -0.4 is 5.32 Å². The van der Waals surface area contributed by atoms with E-state index in [0.717, 1.165) is 15.9 Å². The number of hydrogen-bond donors (Lipinski definition) is 1. The highest BCUT2D eigenvalue weighted by Gasteiger charge is 2.20. The average Bonchev–Trinajstić information content (AvgIpc) is 3.31. The molecule has 3 aromatic heterocycles. The Bertz CT molecular complexity index is 1020. The lowest BCUT2D eigenvalue weighted by Gasteiger charge is -2.06. The zero-order valence-corrected chi connectivity index (χ0v) is 16.8. The molecule has 0 unspecified atom stereocenters. The van der Waals surface area contributed by atoms with Crippen molar-refractivity contribution in [3.63, 3.8) is 0 Å². The lowest BCUT2D eigenvalue weighted by Crippen LogP contribution is -2.18. The van der Waals surface area contributed by atoms with Gasteiger partial charge in [0, 0.05) is 13.2 Å². The summed E-state index contributed by atoms with van der Waals surface area (Å²) in [4.78, 5) is 24.3. The number of carbonyl (C=O) groups is 2. The van der Waals surface area contributed by atoms with Gasteiger partial charge in [0.05, 0.1) is 34.9 Å². The largest absolute Gasteiger partial charge is 0.464 e. The van der Waals surface area contributed by atoms with Crippen molar-refractivity contribution in [3.8, 4) is 0 Å². The van der Waals surface area contributed by atoms with Crippen molar-refractivity contribution in [2.24, 2.45) is 7.05 Å². The number of aromatic nitrogens is 6. The second kappa shape index (κ2) is 7.35. The first-order valence-corrected chi connectivity index (χ1v) is 8.75. The van der Waals surface area contributed by atoms with Crippen molar-refractivity contribution in [1.82, 2.24) is 29.3 Å².